The van der Waals surface area contributed by atoms with Crippen LogP contribution in [0.4, 0.5) is 0 Å². The molecule has 0 aliphatic carbocycles. The minimum atomic E-state index is -1.59. The van der Waals surface area contributed by atoms with Crippen molar-refractivity contribution in [3.63, 3.8) is 0 Å². The minimum Gasteiger partial charge on any atom is -0.394 e. The van der Waals surface area contributed by atoms with Gasteiger partial charge in [0.15, 0.2) is 6.29 Å². The molecule has 9 heteroatoms. The summed E-state index contributed by atoms with van der Waals surface area (Å²) in [5, 5.41) is 54.8. The molecule has 0 aromatic heterocycles. The predicted molar refractivity (Wildman–Crippen MR) is 405 cm³/mol. The second-order valence-corrected chi connectivity index (χ2v) is 26.1. The van der Waals surface area contributed by atoms with Gasteiger partial charge in [0, 0.05) is 6.42 Å². The molecule has 94 heavy (non-hydrogen) atoms. The lowest BCUT2D eigenvalue weighted by Crippen LogP contribution is -2.60. The van der Waals surface area contributed by atoms with Gasteiger partial charge in [-0.3, -0.25) is 4.79 Å². The number of allylic oxidation sites excluding steroid dienone is 25. The molecular weight excluding hydrogens is 1160 g/mol. The number of carbonyl (C=O) groups excluding carboxylic acids is 1. The van der Waals surface area contributed by atoms with Gasteiger partial charge in [0.1, 0.15) is 24.4 Å². The third-order valence-corrected chi connectivity index (χ3v) is 17.3. The lowest BCUT2D eigenvalue weighted by atomic mass is 9.99. The summed E-state index contributed by atoms with van der Waals surface area (Å²) < 4.78 is 11.3. The van der Waals surface area contributed by atoms with Crippen molar-refractivity contribution in [3.8, 4) is 0 Å². The molecule has 0 saturated carbocycles. The van der Waals surface area contributed by atoms with Gasteiger partial charge < -0.3 is 40.3 Å². The summed E-state index contributed by atoms with van der Waals surface area (Å²) in [7, 11) is 0. The average Bonchev–Trinajstić information content (AvgIpc) is 0.829. The molecule has 0 bridgehead atoms. The molecule has 9 nitrogen and oxygen atoms in total. The molecule has 1 aliphatic heterocycles. The number of carbonyl (C=O) groups is 1. The molecule has 1 aliphatic rings. The quantitative estimate of drug-likeness (QED) is 0.0261. The summed E-state index contributed by atoms with van der Waals surface area (Å²) in [5.41, 5.74) is 0. The Morgan fingerprint density at radius 1 is 0.372 bits per heavy atom. The zero-order chi connectivity index (χ0) is 67.8. The Hall–Kier alpha value is -4.19. The Bertz CT molecular complexity index is 2050. The van der Waals surface area contributed by atoms with Crippen LogP contribution in [0.15, 0.2) is 158 Å². The highest BCUT2D eigenvalue weighted by Crippen LogP contribution is 2.23. The lowest BCUT2D eigenvalue weighted by Gasteiger charge is -2.40. The molecule has 536 valence electrons. The van der Waals surface area contributed by atoms with Crippen LogP contribution in [0.3, 0.4) is 0 Å². The van der Waals surface area contributed by atoms with Gasteiger partial charge in [0.2, 0.25) is 5.91 Å². The highest BCUT2D eigenvalue weighted by Gasteiger charge is 2.44. The van der Waals surface area contributed by atoms with Crippen molar-refractivity contribution >= 4 is 5.91 Å². The zero-order valence-corrected chi connectivity index (χ0v) is 60.2. The Labute approximate surface area is 577 Å². The summed E-state index contributed by atoms with van der Waals surface area (Å²) >= 11 is 0. The van der Waals surface area contributed by atoms with E-state index < -0.39 is 49.5 Å². The van der Waals surface area contributed by atoms with E-state index in [1.165, 1.54) is 167 Å². The number of ether oxygens (including phenoxy) is 2. The summed E-state index contributed by atoms with van der Waals surface area (Å²) in [6.45, 7) is 3.66. The Balaban J connectivity index is 2.17. The summed E-state index contributed by atoms with van der Waals surface area (Å²) in [5.74, 6) is -0.209. The van der Waals surface area contributed by atoms with Crippen LogP contribution in [0.2, 0.25) is 0 Å². The highest BCUT2D eigenvalue weighted by atomic mass is 16.7. The van der Waals surface area contributed by atoms with Gasteiger partial charge in [-0.2, -0.15) is 0 Å². The third-order valence-electron chi connectivity index (χ3n) is 17.3. The first-order chi connectivity index (χ1) is 46.3. The maximum absolute atomic E-state index is 13.1. The maximum atomic E-state index is 13.1. The molecule has 1 fully saturated rings. The van der Waals surface area contributed by atoms with Crippen molar-refractivity contribution in [3.05, 3.63) is 158 Å². The number of hydrogen-bond acceptors (Lipinski definition) is 8. The number of aliphatic hydroxyl groups is 5. The van der Waals surface area contributed by atoms with E-state index in [9.17, 15) is 30.3 Å². The number of aliphatic hydroxyl groups excluding tert-OH is 5. The number of unbranched alkanes of at least 4 members (excludes halogenated alkanes) is 32. The summed E-state index contributed by atoms with van der Waals surface area (Å²) in [6, 6.07) is -0.847. The van der Waals surface area contributed by atoms with Crippen LogP contribution in [0.25, 0.3) is 0 Å². The van der Waals surface area contributed by atoms with Crippen molar-refractivity contribution < 1.29 is 39.8 Å². The van der Waals surface area contributed by atoms with E-state index in [2.05, 4.69) is 165 Å². The largest absolute Gasteiger partial charge is 0.394 e. The molecular formula is C85H143NO8. The Morgan fingerprint density at radius 2 is 0.670 bits per heavy atom. The van der Waals surface area contributed by atoms with Crippen molar-refractivity contribution in [1.82, 2.24) is 5.32 Å². The molecule has 1 amide bonds. The Kier molecular flexibility index (Phi) is 66.9. The summed E-state index contributed by atoms with van der Waals surface area (Å²) in [6.07, 6.45) is 105. The number of nitrogens with one attached hydrogen (secondary N) is 1. The van der Waals surface area contributed by atoms with Gasteiger partial charge >= 0.3 is 0 Å². The van der Waals surface area contributed by atoms with Gasteiger partial charge in [0.25, 0.3) is 0 Å². The smallest absolute Gasteiger partial charge is 0.220 e. The fraction of sp³-hybridized carbons (Fsp3) is 0.682. The number of hydrogen-bond donors (Lipinski definition) is 6. The van der Waals surface area contributed by atoms with E-state index in [4.69, 9.17) is 9.47 Å². The third kappa shape index (κ3) is 59.1. The molecule has 0 aromatic rings. The van der Waals surface area contributed by atoms with Gasteiger partial charge in [-0.1, -0.05) is 352 Å². The second-order valence-electron chi connectivity index (χ2n) is 26.1. The molecule has 6 N–H and O–H groups in total. The van der Waals surface area contributed by atoms with Crippen LogP contribution in [0.5, 0.6) is 0 Å². The molecule has 0 spiro atoms. The first-order valence-electron chi connectivity index (χ1n) is 38.7. The van der Waals surface area contributed by atoms with Crippen molar-refractivity contribution in [2.75, 3.05) is 13.2 Å². The normalized spacial score (nSPS) is 18.5. The van der Waals surface area contributed by atoms with E-state index in [0.717, 1.165) is 128 Å². The van der Waals surface area contributed by atoms with Crippen LogP contribution in [-0.2, 0) is 14.3 Å². The number of amides is 1. The fourth-order valence-electron chi connectivity index (χ4n) is 11.4. The van der Waals surface area contributed by atoms with Gasteiger partial charge in [-0.15, -0.1) is 0 Å². The van der Waals surface area contributed by atoms with Crippen molar-refractivity contribution in [2.45, 2.75) is 358 Å². The van der Waals surface area contributed by atoms with Gasteiger partial charge in [0.05, 0.1) is 25.4 Å². The predicted octanol–water partition coefficient (Wildman–Crippen LogP) is 22.3. The SMILES string of the molecule is CC/C=C\C/C=C\C/C=C\C/C=C\C/C=C\C/C=C\C/C=C\C/C=C\C/C=C\C/C=C\C/C=C\CCCCCCCC(=O)NC(COC1OC(CO)C(O)C(O)C1O)C(O)/C=C/CC/C=C/CCCCCCCCCCCCCCCCCCCCCCCCCCCC. The number of rotatable bonds is 66. The first kappa shape index (κ1) is 87.8. The monoisotopic (exact) mass is 1310 g/mol. The van der Waals surface area contributed by atoms with Crippen molar-refractivity contribution in [2.24, 2.45) is 0 Å². The first-order valence-corrected chi connectivity index (χ1v) is 38.7. The second kappa shape index (κ2) is 71.6. The molecule has 0 radical (unpaired) electrons. The Morgan fingerprint density at radius 3 is 1.02 bits per heavy atom. The van der Waals surface area contributed by atoms with E-state index in [1.54, 1.807) is 6.08 Å². The molecule has 7 unspecified atom stereocenters. The van der Waals surface area contributed by atoms with E-state index in [1.807, 2.05) is 6.08 Å². The summed E-state index contributed by atoms with van der Waals surface area (Å²) in [4.78, 5) is 13.1. The molecule has 0 aromatic carbocycles. The van der Waals surface area contributed by atoms with Crippen molar-refractivity contribution in [1.29, 1.82) is 0 Å². The van der Waals surface area contributed by atoms with Gasteiger partial charge in [-0.25, -0.2) is 0 Å². The molecule has 1 rings (SSSR count). The molecule has 7 atom stereocenters. The fourth-order valence-corrected chi connectivity index (χ4v) is 11.4. The van der Waals surface area contributed by atoms with Crippen LogP contribution in [-0.4, -0.2) is 87.5 Å². The maximum Gasteiger partial charge on any atom is 0.220 e. The standard InChI is InChI=1S/C85H143NO8/c1-3-5-7-9-11-13-15-17-19-21-23-25-27-29-31-33-35-37-38-39-40-41-42-43-45-47-49-51-53-55-57-59-61-63-65-67-69-71-73-75-81(89)86-78(77-93-85-84(92)83(91)82(90)80(76-87)94-85)79(88)74-72-70-68-66-64-62-60-58-56-54-52-50-48-46-44-36-34-32-30-28-26-24-22-20-18-16-14-12-10-8-6-4-2/h5,7,11,13,17,19,23,25,29,31,35,37,39-40,42-43,47,49,53,55,59,61,64,66,72,74,78-80,82-85,87-88,90-92H,3-4,6,8-10,12,14-16,18,20-22,24,26-28,30,32-34,36,38,41,44-46,48,50-52,54,56-58,60,62-63,65,67-71,73,75-77H2,1-2H3,(H,86,89)/b7-5-,13-11-,19-17-,25-23-,31-29-,37-35-,40-39-,43-42-,49-47-,55-53-,61-59-,66-64+,74-72+. The lowest BCUT2D eigenvalue weighted by molar-refractivity contribution is -0.302. The topological polar surface area (TPSA) is 149 Å². The zero-order valence-electron chi connectivity index (χ0n) is 60.2. The minimum absolute atomic E-state index is 0.209. The van der Waals surface area contributed by atoms with Gasteiger partial charge in [-0.05, 0) is 116 Å². The van der Waals surface area contributed by atoms with E-state index in [-0.39, 0.29) is 12.5 Å². The highest BCUT2D eigenvalue weighted by molar-refractivity contribution is 5.76. The van der Waals surface area contributed by atoms with Crippen LogP contribution >= 0.6 is 0 Å². The molecule has 1 saturated heterocycles. The van der Waals surface area contributed by atoms with Crippen LogP contribution in [0.1, 0.15) is 316 Å². The molecule has 1 heterocycles. The van der Waals surface area contributed by atoms with E-state index in [0.29, 0.717) is 6.42 Å². The average molecular weight is 1310 g/mol. The van der Waals surface area contributed by atoms with E-state index >= 15 is 0 Å². The van der Waals surface area contributed by atoms with Crippen LogP contribution < -0.4 is 5.32 Å². The van der Waals surface area contributed by atoms with Crippen LogP contribution in [0, 0.1) is 0 Å².